The Kier molecular flexibility index (Phi) is 3.54. The van der Waals surface area contributed by atoms with E-state index in [1.165, 1.54) is 12.1 Å². The van der Waals surface area contributed by atoms with Crippen LogP contribution in [0.1, 0.15) is 0 Å². The van der Waals surface area contributed by atoms with Crippen LogP contribution < -0.4 is 10.5 Å². The Morgan fingerprint density at radius 2 is 1.82 bits per heavy atom. The van der Waals surface area contributed by atoms with Gasteiger partial charge in [0.1, 0.15) is 11.6 Å². The highest BCUT2D eigenvalue weighted by Gasteiger charge is 2.08. The van der Waals surface area contributed by atoms with Crippen LogP contribution in [0.15, 0.2) is 40.9 Å². The van der Waals surface area contributed by atoms with Crippen LogP contribution in [-0.4, -0.2) is 0 Å². The van der Waals surface area contributed by atoms with Gasteiger partial charge in [0.15, 0.2) is 5.75 Å². The molecule has 0 aromatic heterocycles. The van der Waals surface area contributed by atoms with Gasteiger partial charge in [-0.05, 0) is 30.3 Å². The molecule has 2 aromatic carbocycles. The number of ether oxygens (including phenoxy) is 1. The number of nitrogens with two attached hydrogens (primary N) is 1. The average Bonchev–Trinajstić information content (AvgIpc) is 2.29. The lowest BCUT2D eigenvalue weighted by molar-refractivity contribution is 0.479. The van der Waals surface area contributed by atoms with E-state index < -0.39 is 5.82 Å². The molecule has 2 N–H and O–H groups in total. The van der Waals surface area contributed by atoms with Gasteiger partial charge in [0.05, 0.1) is 10.7 Å². The third-order valence-electron chi connectivity index (χ3n) is 2.09. The van der Waals surface area contributed by atoms with Crippen LogP contribution in [-0.2, 0) is 0 Å². The maximum absolute atomic E-state index is 13.3. The molecular formula is C12H8BrClFNO. The molecule has 0 unspecified atom stereocenters. The number of hydrogen-bond acceptors (Lipinski definition) is 2. The standard InChI is InChI=1S/C12H8BrClFNO/c13-7-1-3-8(4-2-7)17-12-6-10(15)9(14)5-11(12)16/h1-6H,16H2. The van der Waals surface area contributed by atoms with Crippen LogP contribution in [0.5, 0.6) is 11.5 Å². The highest BCUT2D eigenvalue weighted by Crippen LogP contribution is 2.32. The number of anilines is 1. The largest absolute Gasteiger partial charge is 0.455 e. The maximum atomic E-state index is 13.3. The van der Waals surface area contributed by atoms with Gasteiger partial charge in [0.25, 0.3) is 0 Å². The summed E-state index contributed by atoms with van der Waals surface area (Å²) in [6, 6.07) is 9.62. The van der Waals surface area contributed by atoms with Crippen LogP contribution in [0.2, 0.25) is 5.02 Å². The van der Waals surface area contributed by atoms with Gasteiger partial charge in [-0.1, -0.05) is 27.5 Å². The molecular weight excluding hydrogens is 308 g/mol. The van der Waals surface area contributed by atoms with E-state index in [1.54, 1.807) is 12.1 Å². The van der Waals surface area contributed by atoms with Gasteiger partial charge in [-0.25, -0.2) is 4.39 Å². The predicted octanol–water partition coefficient (Wildman–Crippen LogP) is 4.62. The molecule has 17 heavy (non-hydrogen) atoms. The predicted molar refractivity (Wildman–Crippen MR) is 70.0 cm³/mol. The Morgan fingerprint density at radius 1 is 1.18 bits per heavy atom. The molecule has 0 bridgehead atoms. The second-order valence-corrected chi connectivity index (χ2v) is 4.68. The minimum Gasteiger partial charge on any atom is -0.455 e. The molecule has 0 radical (unpaired) electrons. The monoisotopic (exact) mass is 315 g/mol. The second-order valence-electron chi connectivity index (χ2n) is 3.36. The highest BCUT2D eigenvalue weighted by atomic mass is 79.9. The summed E-state index contributed by atoms with van der Waals surface area (Å²) in [5.74, 6) is 0.254. The molecule has 0 saturated carbocycles. The van der Waals surface area contributed by atoms with Crippen molar-refractivity contribution in [3.63, 3.8) is 0 Å². The molecule has 0 spiro atoms. The Hall–Kier alpha value is -1.26. The first-order valence-electron chi connectivity index (χ1n) is 4.74. The molecule has 0 saturated heterocycles. The summed E-state index contributed by atoms with van der Waals surface area (Å²) in [5.41, 5.74) is 5.97. The second kappa shape index (κ2) is 4.94. The smallest absolute Gasteiger partial charge is 0.153 e. The fraction of sp³-hybridized carbons (Fsp3) is 0. The fourth-order valence-corrected chi connectivity index (χ4v) is 1.70. The molecule has 0 atom stereocenters. The summed E-state index contributed by atoms with van der Waals surface area (Å²) in [6.07, 6.45) is 0. The first-order chi connectivity index (χ1) is 8.06. The Balaban J connectivity index is 2.30. The van der Waals surface area contributed by atoms with Crippen molar-refractivity contribution >= 4 is 33.2 Å². The molecule has 0 aliphatic carbocycles. The lowest BCUT2D eigenvalue weighted by Crippen LogP contribution is -1.93. The van der Waals surface area contributed by atoms with Gasteiger partial charge in [-0.2, -0.15) is 0 Å². The number of rotatable bonds is 2. The zero-order valence-corrected chi connectivity index (χ0v) is 10.9. The molecule has 0 aliphatic rings. The van der Waals surface area contributed by atoms with Gasteiger partial charge in [0, 0.05) is 10.5 Å². The fourth-order valence-electron chi connectivity index (χ4n) is 1.26. The number of halogens is 3. The molecule has 0 aliphatic heterocycles. The van der Waals surface area contributed by atoms with E-state index in [0.29, 0.717) is 11.4 Å². The minimum absolute atomic E-state index is 0.0225. The van der Waals surface area contributed by atoms with E-state index in [-0.39, 0.29) is 10.8 Å². The van der Waals surface area contributed by atoms with E-state index in [4.69, 9.17) is 22.1 Å². The zero-order valence-electron chi connectivity index (χ0n) is 8.58. The summed E-state index contributed by atoms with van der Waals surface area (Å²) in [5, 5.41) is -0.0225. The first kappa shape index (κ1) is 12.2. The van der Waals surface area contributed by atoms with Crippen molar-refractivity contribution in [2.45, 2.75) is 0 Å². The van der Waals surface area contributed by atoms with E-state index in [0.717, 1.165) is 4.47 Å². The Bertz CT molecular complexity index is 545. The molecule has 2 nitrogen and oxygen atoms in total. The van der Waals surface area contributed by atoms with Crippen molar-refractivity contribution in [1.82, 2.24) is 0 Å². The van der Waals surface area contributed by atoms with Crippen molar-refractivity contribution in [1.29, 1.82) is 0 Å². The third kappa shape index (κ3) is 2.90. The van der Waals surface area contributed by atoms with E-state index in [1.807, 2.05) is 12.1 Å². The summed E-state index contributed by atoms with van der Waals surface area (Å²) >= 11 is 8.90. The van der Waals surface area contributed by atoms with Crippen LogP contribution in [0.4, 0.5) is 10.1 Å². The van der Waals surface area contributed by atoms with Gasteiger partial charge in [-0.15, -0.1) is 0 Å². The number of nitrogen functional groups attached to an aromatic ring is 1. The lowest BCUT2D eigenvalue weighted by Gasteiger charge is -2.09. The van der Waals surface area contributed by atoms with Crippen LogP contribution in [0.25, 0.3) is 0 Å². The van der Waals surface area contributed by atoms with E-state index in [9.17, 15) is 4.39 Å². The maximum Gasteiger partial charge on any atom is 0.153 e. The van der Waals surface area contributed by atoms with E-state index >= 15 is 0 Å². The normalized spacial score (nSPS) is 10.3. The molecule has 0 heterocycles. The third-order valence-corrected chi connectivity index (χ3v) is 2.91. The van der Waals surface area contributed by atoms with Crippen LogP contribution >= 0.6 is 27.5 Å². The van der Waals surface area contributed by atoms with Crippen molar-refractivity contribution < 1.29 is 9.13 Å². The molecule has 5 heteroatoms. The molecule has 2 aromatic rings. The van der Waals surface area contributed by atoms with Crippen molar-refractivity contribution in [3.05, 3.63) is 51.7 Å². The van der Waals surface area contributed by atoms with Crippen LogP contribution in [0, 0.1) is 5.82 Å². The number of hydrogen-bond donors (Lipinski definition) is 1. The topological polar surface area (TPSA) is 35.2 Å². The molecule has 88 valence electrons. The molecule has 2 rings (SSSR count). The van der Waals surface area contributed by atoms with Crippen LogP contribution in [0.3, 0.4) is 0 Å². The van der Waals surface area contributed by atoms with Crippen molar-refractivity contribution in [3.8, 4) is 11.5 Å². The quantitative estimate of drug-likeness (QED) is 0.821. The number of benzene rings is 2. The molecule has 0 amide bonds. The highest BCUT2D eigenvalue weighted by molar-refractivity contribution is 9.10. The Morgan fingerprint density at radius 3 is 2.47 bits per heavy atom. The van der Waals surface area contributed by atoms with Gasteiger partial charge in [-0.3, -0.25) is 0 Å². The Labute approximate surface area is 111 Å². The summed E-state index contributed by atoms with van der Waals surface area (Å²) in [4.78, 5) is 0. The average molecular weight is 317 g/mol. The zero-order chi connectivity index (χ0) is 12.4. The summed E-state index contributed by atoms with van der Waals surface area (Å²) < 4.78 is 19.6. The van der Waals surface area contributed by atoms with Gasteiger partial charge < -0.3 is 10.5 Å². The minimum atomic E-state index is -0.562. The summed E-state index contributed by atoms with van der Waals surface area (Å²) in [6.45, 7) is 0. The summed E-state index contributed by atoms with van der Waals surface area (Å²) in [7, 11) is 0. The van der Waals surface area contributed by atoms with E-state index in [2.05, 4.69) is 15.9 Å². The molecule has 0 fully saturated rings. The lowest BCUT2D eigenvalue weighted by atomic mass is 10.3. The SMILES string of the molecule is Nc1cc(Cl)c(F)cc1Oc1ccc(Br)cc1. The first-order valence-corrected chi connectivity index (χ1v) is 5.91. The van der Waals surface area contributed by atoms with Crippen molar-refractivity contribution in [2.75, 3.05) is 5.73 Å². The van der Waals surface area contributed by atoms with Crippen molar-refractivity contribution in [2.24, 2.45) is 0 Å². The van der Waals surface area contributed by atoms with Gasteiger partial charge >= 0.3 is 0 Å². The van der Waals surface area contributed by atoms with Gasteiger partial charge in [0.2, 0.25) is 0 Å².